The number of rotatable bonds is 2. The van der Waals surface area contributed by atoms with Crippen molar-refractivity contribution < 1.29 is 5.11 Å². The van der Waals surface area contributed by atoms with Crippen molar-refractivity contribution in [3.05, 3.63) is 0 Å². The van der Waals surface area contributed by atoms with Crippen LogP contribution in [0, 0.1) is 5.92 Å². The number of likely N-dealkylation sites (tertiary alicyclic amines) is 1. The summed E-state index contributed by atoms with van der Waals surface area (Å²) >= 11 is 0. The maximum atomic E-state index is 8.80. The monoisotopic (exact) mass is 157 g/mol. The average Bonchev–Trinajstić information content (AvgIpc) is 2.16. The highest BCUT2D eigenvalue weighted by atomic mass is 16.3. The summed E-state index contributed by atoms with van der Waals surface area (Å²) in [7, 11) is 0. The Hall–Kier alpha value is -0.0800. The first kappa shape index (κ1) is 9.01. The molecule has 1 aliphatic heterocycles. The molecule has 0 radical (unpaired) electrons. The highest BCUT2D eigenvalue weighted by Gasteiger charge is 2.37. The summed E-state index contributed by atoms with van der Waals surface area (Å²) in [6, 6.07) is 0. The lowest BCUT2D eigenvalue weighted by Gasteiger charge is -2.34. The number of β-amino-alcohol motifs (C(OH)–C–C–N with tert-alkyl or cyclic N) is 1. The van der Waals surface area contributed by atoms with E-state index < -0.39 is 0 Å². The predicted molar refractivity (Wildman–Crippen MR) is 46.5 cm³/mol. The molecule has 0 aromatic heterocycles. The van der Waals surface area contributed by atoms with Crippen molar-refractivity contribution in [2.24, 2.45) is 5.92 Å². The molecule has 1 saturated heterocycles. The molecule has 0 bridgehead atoms. The van der Waals surface area contributed by atoms with Crippen molar-refractivity contribution >= 4 is 0 Å². The SMILES string of the molecule is CC1CCN(CCO)C1(C)C. The van der Waals surface area contributed by atoms with Crippen LogP contribution in [0.15, 0.2) is 0 Å². The van der Waals surface area contributed by atoms with Crippen LogP contribution in [0.4, 0.5) is 0 Å². The first-order valence-corrected chi connectivity index (χ1v) is 4.45. The minimum absolute atomic E-state index is 0.288. The van der Waals surface area contributed by atoms with Crippen LogP contribution >= 0.6 is 0 Å². The van der Waals surface area contributed by atoms with Crippen molar-refractivity contribution in [1.29, 1.82) is 0 Å². The van der Waals surface area contributed by atoms with Crippen molar-refractivity contribution in [1.82, 2.24) is 4.90 Å². The van der Waals surface area contributed by atoms with Crippen LogP contribution in [0.3, 0.4) is 0 Å². The van der Waals surface area contributed by atoms with Gasteiger partial charge in [-0.2, -0.15) is 0 Å². The largest absolute Gasteiger partial charge is 0.395 e. The Bertz CT molecular complexity index is 132. The van der Waals surface area contributed by atoms with E-state index in [1.54, 1.807) is 0 Å². The Morgan fingerprint density at radius 3 is 2.55 bits per heavy atom. The van der Waals surface area contributed by atoms with Gasteiger partial charge in [0.15, 0.2) is 0 Å². The third-order valence-electron chi connectivity index (χ3n) is 3.22. The molecule has 1 fully saturated rings. The van der Waals surface area contributed by atoms with E-state index in [-0.39, 0.29) is 6.61 Å². The molecular weight excluding hydrogens is 138 g/mol. The Morgan fingerprint density at radius 2 is 2.18 bits per heavy atom. The molecule has 2 nitrogen and oxygen atoms in total. The number of hydrogen-bond acceptors (Lipinski definition) is 2. The summed E-state index contributed by atoms with van der Waals surface area (Å²) in [4.78, 5) is 2.37. The predicted octanol–water partition coefficient (Wildman–Crippen LogP) is 1.10. The van der Waals surface area contributed by atoms with Crippen molar-refractivity contribution in [2.75, 3.05) is 19.7 Å². The van der Waals surface area contributed by atoms with E-state index in [4.69, 9.17) is 5.11 Å². The molecule has 1 atom stereocenters. The van der Waals surface area contributed by atoms with Gasteiger partial charge < -0.3 is 5.11 Å². The van der Waals surface area contributed by atoms with E-state index in [2.05, 4.69) is 25.7 Å². The molecule has 0 aromatic rings. The third-order valence-corrected chi connectivity index (χ3v) is 3.22. The molecule has 0 aromatic carbocycles. The highest BCUT2D eigenvalue weighted by Crippen LogP contribution is 2.33. The normalized spacial score (nSPS) is 31.1. The molecule has 0 spiro atoms. The van der Waals surface area contributed by atoms with Crippen LogP contribution < -0.4 is 0 Å². The summed E-state index contributed by atoms with van der Waals surface area (Å²) in [6.07, 6.45) is 1.27. The topological polar surface area (TPSA) is 23.5 Å². The summed E-state index contributed by atoms with van der Waals surface area (Å²) in [5, 5.41) is 8.80. The standard InChI is InChI=1S/C9H19NO/c1-8-4-5-10(6-7-11)9(8,2)3/h8,11H,4-7H2,1-3H3. The number of aliphatic hydroxyl groups is 1. The Kier molecular flexibility index (Phi) is 2.55. The second-order valence-corrected chi connectivity index (χ2v) is 4.05. The lowest BCUT2D eigenvalue weighted by Crippen LogP contribution is -2.43. The van der Waals surface area contributed by atoms with E-state index in [1.165, 1.54) is 6.42 Å². The molecule has 0 saturated carbocycles. The highest BCUT2D eigenvalue weighted by molar-refractivity contribution is 4.92. The van der Waals surface area contributed by atoms with Gasteiger partial charge in [0, 0.05) is 12.1 Å². The molecule has 1 unspecified atom stereocenters. The zero-order valence-corrected chi connectivity index (χ0v) is 7.80. The van der Waals surface area contributed by atoms with Crippen molar-refractivity contribution in [3.8, 4) is 0 Å². The molecular formula is C9H19NO. The first-order valence-electron chi connectivity index (χ1n) is 4.45. The molecule has 11 heavy (non-hydrogen) atoms. The van der Waals surface area contributed by atoms with E-state index in [9.17, 15) is 0 Å². The number of aliphatic hydroxyl groups excluding tert-OH is 1. The van der Waals surface area contributed by atoms with Crippen LogP contribution in [0.2, 0.25) is 0 Å². The zero-order valence-electron chi connectivity index (χ0n) is 7.80. The second-order valence-electron chi connectivity index (χ2n) is 4.05. The van der Waals surface area contributed by atoms with E-state index in [0.717, 1.165) is 19.0 Å². The zero-order chi connectivity index (χ0) is 8.48. The maximum absolute atomic E-state index is 8.80. The summed E-state index contributed by atoms with van der Waals surface area (Å²) < 4.78 is 0. The van der Waals surface area contributed by atoms with Crippen molar-refractivity contribution in [3.63, 3.8) is 0 Å². The number of hydrogen-bond donors (Lipinski definition) is 1. The summed E-state index contributed by atoms with van der Waals surface area (Å²) in [5.41, 5.74) is 0.294. The summed E-state index contributed by atoms with van der Waals surface area (Å²) in [6.45, 7) is 9.08. The summed E-state index contributed by atoms with van der Waals surface area (Å²) in [5.74, 6) is 0.758. The quantitative estimate of drug-likeness (QED) is 0.649. The van der Waals surface area contributed by atoms with Gasteiger partial charge in [0.05, 0.1) is 6.61 Å². The Morgan fingerprint density at radius 1 is 1.55 bits per heavy atom. The van der Waals surface area contributed by atoms with Gasteiger partial charge in [0.2, 0.25) is 0 Å². The molecule has 0 aliphatic carbocycles. The third kappa shape index (κ3) is 1.57. The fourth-order valence-corrected chi connectivity index (χ4v) is 1.82. The fourth-order valence-electron chi connectivity index (χ4n) is 1.82. The van der Waals surface area contributed by atoms with E-state index >= 15 is 0 Å². The Labute approximate surface area is 69.2 Å². The molecule has 1 aliphatic rings. The van der Waals surface area contributed by atoms with Crippen LogP contribution in [-0.2, 0) is 0 Å². The van der Waals surface area contributed by atoms with Crippen LogP contribution in [0.1, 0.15) is 27.2 Å². The average molecular weight is 157 g/mol. The van der Waals surface area contributed by atoms with E-state index in [0.29, 0.717) is 5.54 Å². The molecule has 1 rings (SSSR count). The van der Waals surface area contributed by atoms with Gasteiger partial charge in [-0.1, -0.05) is 6.92 Å². The molecule has 0 amide bonds. The van der Waals surface area contributed by atoms with Gasteiger partial charge in [0.1, 0.15) is 0 Å². The van der Waals surface area contributed by atoms with Crippen molar-refractivity contribution in [2.45, 2.75) is 32.7 Å². The van der Waals surface area contributed by atoms with Crippen LogP contribution in [-0.4, -0.2) is 35.2 Å². The fraction of sp³-hybridized carbons (Fsp3) is 1.00. The van der Waals surface area contributed by atoms with Gasteiger partial charge in [-0.25, -0.2) is 0 Å². The van der Waals surface area contributed by atoms with Gasteiger partial charge in [-0.3, -0.25) is 4.90 Å². The lowest BCUT2D eigenvalue weighted by atomic mass is 9.90. The molecule has 1 N–H and O–H groups in total. The van der Waals surface area contributed by atoms with Gasteiger partial charge in [-0.15, -0.1) is 0 Å². The molecule has 66 valence electrons. The smallest absolute Gasteiger partial charge is 0.0558 e. The molecule has 1 heterocycles. The van der Waals surface area contributed by atoms with Gasteiger partial charge in [0.25, 0.3) is 0 Å². The van der Waals surface area contributed by atoms with Crippen LogP contribution in [0.5, 0.6) is 0 Å². The minimum atomic E-state index is 0.288. The van der Waals surface area contributed by atoms with E-state index in [1.807, 2.05) is 0 Å². The van der Waals surface area contributed by atoms with Gasteiger partial charge >= 0.3 is 0 Å². The minimum Gasteiger partial charge on any atom is -0.395 e. The lowest BCUT2D eigenvalue weighted by molar-refractivity contribution is 0.115. The van der Waals surface area contributed by atoms with Crippen LogP contribution in [0.25, 0.3) is 0 Å². The Balaban J connectivity index is 2.55. The maximum Gasteiger partial charge on any atom is 0.0558 e. The number of nitrogens with zero attached hydrogens (tertiary/aromatic N) is 1. The molecule has 2 heteroatoms. The van der Waals surface area contributed by atoms with Gasteiger partial charge in [-0.05, 0) is 32.7 Å². The first-order chi connectivity index (χ1) is 5.09. The second kappa shape index (κ2) is 3.11.